The highest BCUT2D eigenvalue weighted by Gasteiger charge is 2.28. The molecule has 1 saturated carbocycles. The fourth-order valence-corrected chi connectivity index (χ4v) is 3.80. The van der Waals surface area contributed by atoms with Crippen LogP contribution in [0.1, 0.15) is 25.9 Å². The molecule has 1 fully saturated rings. The highest BCUT2D eigenvalue weighted by molar-refractivity contribution is 7.92. The molecule has 29 heavy (non-hydrogen) atoms. The maximum Gasteiger partial charge on any atom is 0.387 e. The van der Waals surface area contributed by atoms with Crippen molar-refractivity contribution < 1.29 is 32.5 Å². The van der Waals surface area contributed by atoms with Crippen molar-refractivity contribution in [1.82, 2.24) is 19.4 Å². The third kappa shape index (κ3) is 3.77. The van der Waals surface area contributed by atoms with Gasteiger partial charge in [0.2, 0.25) is 5.78 Å². The second kappa shape index (κ2) is 7.06. The van der Waals surface area contributed by atoms with Crippen LogP contribution in [0.5, 0.6) is 11.6 Å². The molecule has 3 aromatic rings. The Kier molecular flexibility index (Phi) is 4.68. The summed E-state index contributed by atoms with van der Waals surface area (Å²) in [5.41, 5.74) is 0.826. The predicted molar refractivity (Wildman–Crippen MR) is 95.3 cm³/mol. The molecular formula is C16H16F3N5O4S. The molecule has 1 aliphatic carbocycles. The zero-order valence-corrected chi connectivity index (χ0v) is 15.7. The van der Waals surface area contributed by atoms with Gasteiger partial charge in [0.05, 0.1) is 13.3 Å². The van der Waals surface area contributed by atoms with Gasteiger partial charge in [-0.2, -0.15) is 22.2 Å². The summed E-state index contributed by atoms with van der Waals surface area (Å²) in [4.78, 5) is 11.9. The molecule has 1 N–H and O–H groups in total. The number of alkyl halides is 2. The van der Waals surface area contributed by atoms with Crippen LogP contribution in [0.3, 0.4) is 0 Å². The Bertz CT molecular complexity index is 1190. The van der Waals surface area contributed by atoms with Crippen molar-refractivity contribution in [2.45, 2.75) is 30.4 Å². The van der Waals surface area contributed by atoms with Gasteiger partial charge in [-0.3, -0.25) is 9.12 Å². The van der Waals surface area contributed by atoms with E-state index in [-0.39, 0.29) is 12.2 Å². The number of nitrogens with one attached hydrogen (secondary N) is 1. The molecule has 0 aliphatic heterocycles. The van der Waals surface area contributed by atoms with Crippen molar-refractivity contribution in [1.29, 1.82) is 0 Å². The van der Waals surface area contributed by atoms with Gasteiger partial charge in [0.25, 0.3) is 15.9 Å². The maximum absolute atomic E-state index is 14.2. The number of imidazole rings is 1. The van der Waals surface area contributed by atoms with Gasteiger partial charge in [-0.15, -0.1) is 0 Å². The molecular weight excluding hydrogens is 415 g/mol. The molecule has 0 radical (unpaired) electrons. The lowest BCUT2D eigenvalue weighted by Gasteiger charge is -2.12. The Labute approximate surface area is 164 Å². The first-order valence-corrected chi connectivity index (χ1v) is 9.83. The summed E-state index contributed by atoms with van der Waals surface area (Å²) in [6.07, 6.45) is 4.63. The van der Waals surface area contributed by atoms with Gasteiger partial charge >= 0.3 is 6.61 Å². The molecule has 13 heteroatoms. The van der Waals surface area contributed by atoms with Crippen LogP contribution in [-0.4, -0.2) is 41.5 Å². The minimum absolute atomic E-state index is 0. The molecule has 0 atom stereocenters. The third-order valence-electron chi connectivity index (χ3n) is 4.19. The van der Waals surface area contributed by atoms with E-state index < -0.39 is 39.9 Å². The molecule has 156 valence electrons. The Morgan fingerprint density at radius 1 is 1.34 bits per heavy atom. The van der Waals surface area contributed by atoms with E-state index in [1.54, 1.807) is 6.07 Å². The van der Waals surface area contributed by atoms with Crippen LogP contribution in [-0.2, 0) is 10.0 Å². The normalized spacial score (nSPS) is 14.4. The van der Waals surface area contributed by atoms with E-state index in [9.17, 15) is 21.6 Å². The molecule has 3 aromatic heterocycles. The first-order chi connectivity index (χ1) is 13.8. The summed E-state index contributed by atoms with van der Waals surface area (Å²) < 4.78 is 76.6. The van der Waals surface area contributed by atoms with Crippen LogP contribution >= 0.6 is 0 Å². The second-order valence-corrected chi connectivity index (χ2v) is 7.83. The average Bonchev–Trinajstić information content (AvgIpc) is 3.41. The molecule has 0 aromatic carbocycles. The minimum atomic E-state index is -4.33. The smallest absolute Gasteiger partial charge is 0.387 e. The number of hydrogen-bond acceptors (Lipinski definition) is 7. The van der Waals surface area contributed by atoms with Gasteiger partial charge in [-0.1, -0.05) is 0 Å². The van der Waals surface area contributed by atoms with E-state index in [2.05, 4.69) is 19.7 Å². The fourth-order valence-electron chi connectivity index (χ4n) is 2.70. The number of ether oxygens (including phenoxy) is 2. The topological polar surface area (TPSA) is 108 Å². The summed E-state index contributed by atoms with van der Waals surface area (Å²) in [5.74, 6) is -2.63. The molecule has 3 heterocycles. The molecule has 0 bridgehead atoms. The number of halogens is 3. The maximum atomic E-state index is 14.2. The summed E-state index contributed by atoms with van der Waals surface area (Å²) in [7, 11) is -3.25. The zero-order chi connectivity index (χ0) is 20.8. The van der Waals surface area contributed by atoms with E-state index in [0.29, 0.717) is 12.0 Å². The first kappa shape index (κ1) is 19.2. The summed E-state index contributed by atoms with van der Waals surface area (Å²) in [6, 6.07) is 2.25. The largest absolute Gasteiger partial charge is 0.478 e. The summed E-state index contributed by atoms with van der Waals surface area (Å²) in [5, 5.41) is -0.296. The highest BCUT2D eigenvalue weighted by atomic mass is 32.2. The van der Waals surface area contributed by atoms with Crippen LogP contribution in [0.15, 0.2) is 29.6 Å². The van der Waals surface area contributed by atoms with Gasteiger partial charge in [0.15, 0.2) is 22.4 Å². The van der Waals surface area contributed by atoms with Crippen LogP contribution in [0.25, 0.3) is 5.78 Å². The lowest BCUT2D eigenvalue weighted by atomic mass is 10.3. The van der Waals surface area contributed by atoms with Crippen molar-refractivity contribution in [3.05, 3.63) is 36.0 Å². The number of nitrogens with zero attached hydrogens (tertiary/aromatic N) is 4. The number of rotatable bonds is 7. The van der Waals surface area contributed by atoms with Crippen LogP contribution in [0, 0.1) is 5.82 Å². The molecule has 0 spiro atoms. The van der Waals surface area contributed by atoms with Crippen molar-refractivity contribution in [2.24, 2.45) is 0 Å². The number of hydrogen-bond donors (Lipinski definition) is 1. The second-order valence-electron chi connectivity index (χ2n) is 6.20. The lowest BCUT2D eigenvalue weighted by Crippen LogP contribution is -2.17. The quantitative estimate of drug-likeness (QED) is 0.613. The zero-order valence-electron chi connectivity index (χ0n) is 14.8. The molecule has 9 nitrogen and oxygen atoms in total. The Morgan fingerprint density at radius 2 is 2.10 bits per heavy atom. The molecule has 0 unspecified atom stereocenters. The number of sulfonamides is 1. The minimum Gasteiger partial charge on any atom is -0.478 e. The number of fused-ring (bicyclic) bond motifs is 1. The molecule has 4 rings (SSSR count). The highest BCUT2D eigenvalue weighted by Crippen LogP contribution is 2.39. The monoisotopic (exact) mass is 431 g/mol. The van der Waals surface area contributed by atoms with Gasteiger partial charge in [-0.05, 0) is 18.9 Å². The van der Waals surface area contributed by atoms with E-state index >= 15 is 0 Å². The lowest BCUT2D eigenvalue weighted by molar-refractivity contribution is -0.0517. The van der Waals surface area contributed by atoms with Crippen molar-refractivity contribution in [3.63, 3.8) is 0 Å². The van der Waals surface area contributed by atoms with Crippen molar-refractivity contribution in [3.8, 4) is 11.6 Å². The summed E-state index contributed by atoms with van der Waals surface area (Å²) >= 11 is 0. The van der Waals surface area contributed by atoms with E-state index in [1.807, 2.05) is 4.72 Å². The average molecular weight is 431 g/mol. The standard InChI is InChI=1S/C16H14F3N5O4S.H2/c1-27-14-11(28-15(18)19)6-9(17)13(22-14)23-29(25,26)12-7-20-16-21-10(8-2-3-8)4-5-24(12)16;/h4-8,15H,2-3H2,1H3,(H,22,23);1H. The Morgan fingerprint density at radius 3 is 2.76 bits per heavy atom. The van der Waals surface area contributed by atoms with E-state index in [1.165, 1.54) is 10.6 Å². The molecule has 0 saturated heterocycles. The first-order valence-electron chi connectivity index (χ1n) is 8.34. The summed E-state index contributed by atoms with van der Waals surface area (Å²) in [6.45, 7) is -3.24. The Balaban J connectivity index is 0.00000256. The van der Waals surface area contributed by atoms with Gasteiger partial charge < -0.3 is 9.47 Å². The Hall–Kier alpha value is -3.09. The number of anilines is 1. The van der Waals surface area contributed by atoms with Gasteiger partial charge in [-0.25, -0.2) is 14.4 Å². The fraction of sp³-hybridized carbons (Fsp3) is 0.312. The van der Waals surface area contributed by atoms with Crippen LogP contribution < -0.4 is 14.2 Å². The van der Waals surface area contributed by atoms with E-state index in [0.717, 1.165) is 31.8 Å². The van der Waals surface area contributed by atoms with Crippen molar-refractivity contribution >= 4 is 21.6 Å². The van der Waals surface area contributed by atoms with Crippen LogP contribution in [0.4, 0.5) is 19.0 Å². The number of methoxy groups -OCH3 is 1. The number of aromatic nitrogens is 4. The van der Waals surface area contributed by atoms with Gasteiger partial charge in [0.1, 0.15) is 0 Å². The van der Waals surface area contributed by atoms with Gasteiger partial charge in [0, 0.05) is 25.3 Å². The molecule has 1 aliphatic rings. The number of pyridine rings is 1. The molecule has 0 amide bonds. The van der Waals surface area contributed by atoms with E-state index in [4.69, 9.17) is 4.74 Å². The SMILES string of the molecule is COc1nc(NS(=O)(=O)c2cnc3nc(C4CC4)ccn23)c(F)cc1OC(F)F.[HH]. The predicted octanol–water partition coefficient (Wildman–Crippen LogP) is 2.80. The van der Waals surface area contributed by atoms with Crippen molar-refractivity contribution in [2.75, 3.05) is 11.8 Å². The van der Waals surface area contributed by atoms with Crippen LogP contribution in [0.2, 0.25) is 0 Å². The third-order valence-corrected chi connectivity index (χ3v) is 5.50.